The second-order valence-electron chi connectivity index (χ2n) is 5.70. The van der Waals surface area contributed by atoms with E-state index in [9.17, 15) is 4.79 Å². The number of amides is 1. The number of ether oxygens (including phenoxy) is 1. The van der Waals surface area contributed by atoms with Crippen LogP contribution in [0.5, 0.6) is 0 Å². The molecule has 0 aliphatic carbocycles. The van der Waals surface area contributed by atoms with E-state index in [1.54, 1.807) is 22.9 Å². The maximum Gasteiger partial charge on any atom is 0.243 e. The summed E-state index contributed by atoms with van der Waals surface area (Å²) in [7, 11) is 0. The van der Waals surface area contributed by atoms with Crippen molar-refractivity contribution in [3.63, 3.8) is 0 Å². The van der Waals surface area contributed by atoms with Gasteiger partial charge in [0.1, 0.15) is 12.1 Å². The van der Waals surface area contributed by atoms with Crippen LogP contribution < -0.4 is 0 Å². The predicted molar refractivity (Wildman–Crippen MR) is 97.9 cm³/mol. The van der Waals surface area contributed by atoms with Crippen molar-refractivity contribution in [1.82, 2.24) is 20.0 Å². The normalized spacial score (nSPS) is 16.7. The van der Waals surface area contributed by atoms with E-state index in [-0.39, 0.29) is 18.3 Å². The summed E-state index contributed by atoms with van der Waals surface area (Å²) in [5, 5.41) is 14.5. The number of nitrogens with zero attached hydrogens (tertiary/aromatic N) is 5. The molecule has 0 saturated carbocycles. The number of para-hydroxylation sites is 1. The Bertz CT molecular complexity index is 1030. The molecule has 2 heterocycles. The molecule has 1 atom stereocenters. The molecule has 4 rings (SSSR count). The molecule has 2 aromatic carbocycles. The number of halogens is 2. The van der Waals surface area contributed by atoms with Crippen LogP contribution in [0.3, 0.4) is 0 Å². The lowest BCUT2D eigenvalue weighted by Gasteiger charge is -2.19. The molecule has 7 nitrogen and oxygen atoms in total. The van der Waals surface area contributed by atoms with Gasteiger partial charge in [-0.15, -0.1) is 10.2 Å². The zero-order valence-electron chi connectivity index (χ0n) is 13.6. The van der Waals surface area contributed by atoms with Crippen molar-refractivity contribution < 1.29 is 9.53 Å². The van der Waals surface area contributed by atoms with Gasteiger partial charge in [0, 0.05) is 6.92 Å². The average molecular weight is 390 g/mol. The summed E-state index contributed by atoms with van der Waals surface area (Å²) in [5.41, 5.74) is 2.13. The molecule has 1 aliphatic heterocycles. The van der Waals surface area contributed by atoms with E-state index >= 15 is 0 Å². The Labute approximate surface area is 158 Å². The molecule has 0 fully saturated rings. The van der Waals surface area contributed by atoms with Crippen LogP contribution in [-0.4, -0.2) is 38.0 Å². The summed E-state index contributed by atoms with van der Waals surface area (Å²) in [6.45, 7) is 1.69. The lowest BCUT2D eigenvalue weighted by molar-refractivity contribution is -0.135. The topological polar surface area (TPSA) is 72.6 Å². The van der Waals surface area contributed by atoms with Crippen molar-refractivity contribution in [3.8, 4) is 0 Å². The van der Waals surface area contributed by atoms with Gasteiger partial charge < -0.3 is 4.74 Å². The maximum atomic E-state index is 12.0. The van der Waals surface area contributed by atoms with Gasteiger partial charge in [0.2, 0.25) is 18.0 Å². The van der Waals surface area contributed by atoms with Crippen LogP contribution in [-0.2, 0) is 16.1 Å². The fourth-order valence-electron chi connectivity index (χ4n) is 2.74. The van der Waals surface area contributed by atoms with Crippen molar-refractivity contribution in [2.24, 2.45) is 5.10 Å². The van der Waals surface area contributed by atoms with E-state index in [1.165, 1.54) is 11.9 Å². The summed E-state index contributed by atoms with van der Waals surface area (Å²) >= 11 is 12.3. The number of benzene rings is 2. The Kier molecular flexibility index (Phi) is 4.26. The molecular formula is C17H13Cl2N5O2. The highest BCUT2D eigenvalue weighted by molar-refractivity contribution is 6.43. The van der Waals surface area contributed by atoms with Gasteiger partial charge in [-0.2, -0.15) is 5.01 Å². The minimum atomic E-state index is -0.664. The third-order valence-electron chi connectivity index (χ3n) is 3.97. The molecule has 0 saturated heterocycles. The number of rotatable bonds is 3. The highest BCUT2D eigenvalue weighted by atomic mass is 35.5. The van der Waals surface area contributed by atoms with Crippen LogP contribution in [0.4, 0.5) is 0 Å². The van der Waals surface area contributed by atoms with Crippen molar-refractivity contribution in [3.05, 3.63) is 58.1 Å². The number of aromatic nitrogens is 3. The monoisotopic (exact) mass is 389 g/mol. The van der Waals surface area contributed by atoms with E-state index in [1.807, 2.05) is 24.3 Å². The van der Waals surface area contributed by atoms with E-state index in [0.29, 0.717) is 15.6 Å². The first-order chi connectivity index (χ1) is 12.5. The Morgan fingerprint density at radius 2 is 2.00 bits per heavy atom. The van der Waals surface area contributed by atoms with Gasteiger partial charge in [0.05, 0.1) is 21.1 Å². The summed E-state index contributed by atoms with van der Waals surface area (Å²) in [6, 6.07) is 12.7. The lowest BCUT2D eigenvalue weighted by atomic mass is 10.2. The SMILES string of the molecule is CC(=O)N1N=C(c2cccc(Cl)c2Cl)O[C@H]1Cn1nnc2ccccc21. The summed E-state index contributed by atoms with van der Waals surface area (Å²) < 4.78 is 7.58. The number of hydrazone groups is 1. The molecule has 0 radical (unpaired) electrons. The third kappa shape index (κ3) is 2.89. The summed E-state index contributed by atoms with van der Waals surface area (Å²) in [6.07, 6.45) is -0.664. The number of hydrogen-bond acceptors (Lipinski definition) is 5. The number of hydrogen-bond donors (Lipinski definition) is 0. The zero-order chi connectivity index (χ0) is 18.3. The smallest absolute Gasteiger partial charge is 0.243 e. The summed E-state index contributed by atoms with van der Waals surface area (Å²) in [4.78, 5) is 12.0. The van der Waals surface area contributed by atoms with E-state index in [2.05, 4.69) is 15.4 Å². The molecule has 1 aliphatic rings. The first-order valence-corrected chi connectivity index (χ1v) is 8.58. The standard InChI is InChI=1S/C17H13Cl2N5O2/c1-10(25)24-15(9-23-14-8-3-2-7-13(14)20-22-23)26-17(21-24)11-5-4-6-12(18)16(11)19/h2-8,15H,9H2,1H3/t15-/m0/s1. The minimum absolute atomic E-state index is 0.238. The molecular weight excluding hydrogens is 377 g/mol. The lowest BCUT2D eigenvalue weighted by Crippen LogP contribution is -2.35. The van der Waals surface area contributed by atoms with E-state index in [0.717, 1.165) is 11.0 Å². The largest absolute Gasteiger partial charge is 0.448 e. The Hall–Kier alpha value is -2.64. The predicted octanol–water partition coefficient (Wildman–Crippen LogP) is 3.30. The molecule has 1 aromatic heterocycles. The first kappa shape index (κ1) is 16.8. The third-order valence-corrected chi connectivity index (χ3v) is 4.79. The van der Waals surface area contributed by atoms with Crippen LogP contribution in [0.25, 0.3) is 11.0 Å². The second-order valence-corrected chi connectivity index (χ2v) is 6.49. The van der Waals surface area contributed by atoms with E-state index in [4.69, 9.17) is 27.9 Å². The second kappa shape index (κ2) is 6.59. The van der Waals surface area contributed by atoms with Gasteiger partial charge in [-0.25, -0.2) is 4.68 Å². The van der Waals surface area contributed by atoms with Crippen LogP contribution >= 0.6 is 23.2 Å². The van der Waals surface area contributed by atoms with Crippen LogP contribution in [0, 0.1) is 0 Å². The van der Waals surface area contributed by atoms with Gasteiger partial charge in [0.15, 0.2) is 0 Å². The molecule has 26 heavy (non-hydrogen) atoms. The van der Waals surface area contributed by atoms with Crippen LogP contribution in [0.2, 0.25) is 10.0 Å². The van der Waals surface area contributed by atoms with Gasteiger partial charge in [-0.3, -0.25) is 4.79 Å². The van der Waals surface area contributed by atoms with Crippen molar-refractivity contribution >= 4 is 46.0 Å². The highest BCUT2D eigenvalue weighted by Crippen LogP contribution is 2.29. The van der Waals surface area contributed by atoms with Gasteiger partial charge in [0.25, 0.3) is 0 Å². The molecule has 132 valence electrons. The first-order valence-electron chi connectivity index (χ1n) is 7.82. The fraction of sp³-hybridized carbons (Fsp3) is 0.176. The Morgan fingerprint density at radius 1 is 1.19 bits per heavy atom. The number of fused-ring (bicyclic) bond motifs is 1. The van der Waals surface area contributed by atoms with Gasteiger partial charge in [-0.1, -0.05) is 46.6 Å². The maximum absolute atomic E-state index is 12.0. The molecule has 0 bridgehead atoms. The van der Waals surface area contributed by atoms with Crippen LogP contribution in [0.1, 0.15) is 12.5 Å². The minimum Gasteiger partial charge on any atom is -0.448 e. The quantitative estimate of drug-likeness (QED) is 0.688. The number of carbonyl (C=O) groups excluding carboxylic acids is 1. The van der Waals surface area contributed by atoms with Gasteiger partial charge in [-0.05, 0) is 24.3 Å². The molecule has 0 spiro atoms. The Balaban J connectivity index is 1.65. The van der Waals surface area contributed by atoms with Crippen molar-refractivity contribution in [2.45, 2.75) is 19.7 Å². The highest BCUT2D eigenvalue weighted by Gasteiger charge is 2.33. The van der Waals surface area contributed by atoms with Gasteiger partial charge >= 0.3 is 0 Å². The molecule has 0 N–H and O–H groups in total. The summed E-state index contributed by atoms with van der Waals surface area (Å²) in [5.74, 6) is -0.0188. The molecule has 3 aromatic rings. The zero-order valence-corrected chi connectivity index (χ0v) is 15.1. The van der Waals surface area contributed by atoms with Crippen LogP contribution in [0.15, 0.2) is 47.6 Å². The Morgan fingerprint density at radius 3 is 2.81 bits per heavy atom. The van der Waals surface area contributed by atoms with Crippen molar-refractivity contribution in [1.29, 1.82) is 0 Å². The fourth-order valence-corrected chi connectivity index (χ4v) is 3.12. The average Bonchev–Trinajstić information content (AvgIpc) is 3.23. The number of carbonyl (C=O) groups is 1. The molecule has 0 unspecified atom stereocenters. The van der Waals surface area contributed by atoms with Crippen molar-refractivity contribution in [2.75, 3.05) is 0 Å². The van der Waals surface area contributed by atoms with E-state index < -0.39 is 6.23 Å². The molecule has 1 amide bonds. The molecule has 9 heteroatoms.